The molecular weight excluding hydrogens is 454 g/mol. The van der Waals surface area contributed by atoms with E-state index in [1.807, 2.05) is 0 Å². The number of thiophene rings is 2. The van der Waals surface area contributed by atoms with Crippen molar-refractivity contribution in [3.05, 3.63) is 69.9 Å². The first-order chi connectivity index (χ1) is 15.4. The summed E-state index contributed by atoms with van der Waals surface area (Å²) in [6, 6.07) is 11.6. The summed E-state index contributed by atoms with van der Waals surface area (Å²) in [5.41, 5.74) is 2.41. The fraction of sp³-hybridized carbons (Fsp3) is 0.167. The third-order valence-electron chi connectivity index (χ3n) is 4.71. The van der Waals surface area contributed by atoms with Crippen LogP contribution in [0, 0.1) is 11.6 Å². The van der Waals surface area contributed by atoms with Crippen LogP contribution in [0.4, 0.5) is 8.78 Å². The largest absolute Gasteiger partial charge is 0.462 e. The molecule has 0 aliphatic rings. The van der Waals surface area contributed by atoms with Gasteiger partial charge in [-0.15, -0.1) is 22.7 Å². The van der Waals surface area contributed by atoms with Crippen LogP contribution in [0.3, 0.4) is 0 Å². The summed E-state index contributed by atoms with van der Waals surface area (Å²) < 4.78 is 39.0. The van der Waals surface area contributed by atoms with Crippen LogP contribution >= 0.6 is 22.7 Å². The lowest BCUT2D eigenvalue weighted by Gasteiger charge is -2.06. The fourth-order valence-electron chi connectivity index (χ4n) is 3.37. The zero-order valence-electron chi connectivity index (χ0n) is 17.2. The van der Waals surface area contributed by atoms with Gasteiger partial charge in [-0.25, -0.2) is 18.4 Å². The molecule has 0 atom stereocenters. The predicted molar refractivity (Wildman–Crippen MR) is 122 cm³/mol. The van der Waals surface area contributed by atoms with E-state index in [-0.39, 0.29) is 13.2 Å². The molecule has 0 unspecified atom stereocenters. The second-order valence-corrected chi connectivity index (χ2v) is 8.77. The molecule has 2 aromatic heterocycles. The number of rotatable bonds is 6. The van der Waals surface area contributed by atoms with Gasteiger partial charge in [-0.2, -0.15) is 0 Å². The Morgan fingerprint density at radius 1 is 0.688 bits per heavy atom. The van der Waals surface area contributed by atoms with E-state index in [0.717, 1.165) is 0 Å². The maximum absolute atomic E-state index is 13.6. The monoisotopic (exact) mass is 472 g/mol. The maximum Gasteiger partial charge on any atom is 0.349 e. The second kappa shape index (κ2) is 9.18. The van der Waals surface area contributed by atoms with Crippen molar-refractivity contribution in [1.82, 2.24) is 0 Å². The number of halogens is 2. The lowest BCUT2D eigenvalue weighted by molar-refractivity contribution is 0.0523. The van der Waals surface area contributed by atoms with Crippen LogP contribution in [0.2, 0.25) is 0 Å². The molecule has 0 saturated carbocycles. The number of fused-ring (bicyclic) bond motifs is 1. The molecule has 4 aromatic rings. The minimum atomic E-state index is -0.497. The SMILES string of the molecule is CCOC(=O)c1sc2c(-c3ccc(F)cc3)c(C(=O)OCC)sc2c1-c1ccc(F)cc1. The van der Waals surface area contributed by atoms with Crippen molar-refractivity contribution >= 4 is 44.0 Å². The van der Waals surface area contributed by atoms with Crippen molar-refractivity contribution in [2.24, 2.45) is 0 Å². The van der Waals surface area contributed by atoms with Gasteiger partial charge in [0.25, 0.3) is 0 Å². The van der Waals surface area contributed by atoms with E-state index in [1.54, 1.807) is 38.1 Å². The Kier molecular flexibility index (Phi) is 6.34. The van der Waals surface area contributed by atoms with Gasteiger partial charge < -0.3 is 9.47 Å². The standard InChI is InChI=1S/C24H18F2O4S2/c1-3-29-23(27)21-17(13-5-9-15(25)10-6-13)19-20(31-21)18(14-7-11-16(26)12-8-14)22(32-19)24(28)30-4-2/h5-12H,3-4H2,1-2H3. The Hall–Kier alpha value is -3.10. The molecule has 0 aliphatic carbocycles. The topological polar surface area (TPSA) is 52.6 Å². The third-order valence-corrected chi connectivity index (χ3v) is 7.21. The Labute approximate surface area is 191 Å². The molecule has 0 radical (unpaired) electrons. The van der Waals surface area contributed by atoms with Crippen LogP contribution in [-0.4, -0.2) is 25.2 Å². The smallest absolute Gasteiger partial charge is 0.349 e. The molecule has 164 valence electrons. The van der Waals surface area contributed by atoms with Crippen LogP contribution in [0.5, 0.6) is 0 Å². The van der Waals surface area contributed by atoms with Gasteiger partial charge in [-0.05, 0) is 49.2 Å². The van der Waals surface area contributed by atoms with Gasteiger partial charge in [0.2, 0.25) is 0 Å². The molecule has 0 fully saturated rings. The minimum absolute atomic E-state index is 0.201. The lowest BCUT2D eigenvalue weighted by atomic mass is 10.0. The van der Waals surface area contributed by atoms with Crippen molar-refractivity contribution in [2.45, 2.75) is 13.8 Å². The van der Waals surface area contributed by atoms with Crippen LogP contribution in [0.1, 0.15) is 33.2 Å². The Morgan fingerprint density at radius 3 is 1.34 bits per heavy atom. The van der Waals surface area contributed by atoms with E-state index in [2.05, 4.69) is 0 Å². The summed E-state index contributed by atoms with van der Waals surface area (Å²) in [5.74, 6) is -1.79. The first-order valence-electron chi connectivity index (χ1n) is 9.90. The van der Waals surface area contributed by atoms with Crippen molar-refractivity contribution in [2.75, 3.05) is 13.2 Å². The van der Waals surface area contributed by atoms with Crippen molar-refractivity contribution in [3.8, 4) is 22.3 Å². The average molecular weight is 473 g/mol. The number of benzene rings is 2. The second-order valence-electron chi connectivity index (χ2n) is 6.73. The first kappa shape index (κ1) is 22.1. The van der Waals surface area contributed by atoms with Gasteiger partial charge in [0.1, 0.15) is 21.4 Å². The van der Waals surface area contributed by atoms with E-state index < -0.39 is 23.6 Å². The molecule has 4 rings (SSSR count). The number of hydrogen-bond acceptors (Lipinski definition) is 6. The number of hydrogen-bond donors (Lipinski definition) is 0. The van der Waals surface area contributed by atoms with E-state index in [0.29, 0.717) is 41.4 Å². The molecule has 4 nitrogen and oxygen atoms in total. The molecule has 0 aliphatic heterocycles. The van der Waals surface area contributed by atoms with E-state index in [9.17, 15) is 18.4 Å². The highest BCUT2D eigenvalue weighted by Gasteiger charge is 2.29. The van der Waals surface area contributed by atoms with Gasteiger partial charge in [0.05, 0.1) is 22.6 Å². The van der Waals surface area contributed by atoms with Crippen molar-refractivity contribution in [3.63, 3.8) is 0 Å². The van der Waals surface area contributed by atoms with E-state index in [1.165, 1.54) is 46.9 Å². The van der Waals surface area contributed by atoms with Crippen LogP contribution in [0.15, 0.2) is 48.5 Å². The first-order valence-corrected chi connectivity index (χ1v) is 11.5. The van der Waals surface area contributed by atoms with Gasteiger partial charge in [0.15, 0.2) is 0 Å². The zero-order chi connectivity index (χ0) is 22.8. The molecule has 2 heterocycles. The van der Waals surface area contributed by atoms with Gasteiger partial charge in [-0.1, -0.05) is 24.3 Å². The highest BCUT2D eigenvalue weighted by molar-refractivity contribution is 7.31. The number of ether oxygens (including phenoxy) is 2. The molecule has 0 amide bonds. The summed E-state index contributed by atoms with van der Waals surface area (Å²) in [6.07, 6.45) is 0. The van der Waals surface area contributed by atoms with Crippen molar-refractivity contribution in [1.29, 1.82) is 0 Å². The van der Waals surface area contributed by atoms with Crippen LogP contribution in [-0.2, 0) is 9.47 Å². The molecule has 0 N–H and O–H groups in total. The summed E-state index contributed by atoms with van der Waals surface area (Å²) in [6.45, 7) is 3.83. The quantitative estimate of drug-likeness (QED) is 0.286. The number of carbonyl (C=O) groups is 2. The predicted octanol–water partition coefficient (Wildman–Crippen LogP) is 6.93. The summed E-state index contributed by atoms with van der Waals surface area (Å²) in [4.78, 5) is 26.2. The van der Waals surface area contributed by atoms with E-state index >= 15 is 0 Å². The highest BCUT2D eigenvalue weighted by atomic mass is 32.1. The molecular formula is C24H18F2O4S2. The van der Waals surface area contributed by atoms with Crippen molar-refractivity contribution < 1.29 is 27.8 Å². The summed E-state index contributed by atoms with van der Waals surface area (Å²) >= 11 is 2.39. The molecule has 0 bridgehead atoms. The molecule has 8 heteroatoms. The fourth-order valence-corrected chi connectivity index (χ4v) is 6.12. The molecule has 0 spiro atoms. The number of esters is 2. The molecule has 2 aromatic carbocycles. The average Bonchev–Trinajstić information content (AvgIpc) is 3.32. The van der Waals surface area contributed by atoms with Gasteiger partial charge in [-0.3, -0.25) is 0 Å². The minimum Gasteiger partial charge on any atom is -0.462 e. The molecule has 0 saturated heterocycles. The maximum atomic E-state index is 13.6. The lowest BCUT2D eigenvalue weighted by Crippen LogP contribution is -2.04. The molecule has 32 heavy (non-hydrogen) atoms. The Balaban J connectivity index is 2.04. The summed E-state index contributed by atoms with van der Waals surface area (Å²) in [5, 5.41) is 0. The Morgan fingerprint density at radius 2 is 1.03 bits per heavy atom. The van der Waals surface area contributed by atoms with E-state index in [4.69, 9.17) is 9.47 Å². The normalized spacial score (nSPS) is 11.0. The third kappa shape index (κ3) is 4.03. The zero-order valence-corrected chi connectivity index (χ0v) is 18.9. The van der Waals surface area contributed by atoms with Gasteiger partial charge >= 0.3 is 11.9 Å². The van der Waals surface area contributed by atoms with Crippen LogP contribution in [0.25, 0.3) is 31.7 Å². The summed E-state index contributed by atoms with van der Waals surface area (Å²) in [7, 11) is 0. The van der Waals surface area contributed by atoms with Crippen LogP contribution < -0.4 is 0 Å². The van der Waals surface area contributed by atoms with Gasteiger partial charge in [0, 0.05) is 11.1 Å². The number of carbonyl (C=O) groups excluding carboxylic acids is 2. The highest BCUT2D eigenvalue weighted by Crippen LogP contribution is 2.50. The Bertz CT molecular complexity index is 1190.